The van der Waals surface area contributed by atoms with E-state index in [9.17, 15) is 0 Å². The number of benzene rings is 20. The molecule has 30 rings (SSSR count). The second kappa shape index (κ2) is 28.0. The van der Waals surface area contributed by atoms with Gasteiger partial charge in [0.25, 0.3) is 0 Å². The van der Waals surface area contributed by atoms with Crippen molar-refractivity contribution in [1.29, 1.82) is 0 Å². The fourth-order valence-electron chi connectivity index (χ4n) is 25.4. The van der Waals surface area contributed by atoms with Gasteiger partial charge in [-0.15, -0.1) is 0 Å². The lowest BCUT2D eigenvalue weighted by atomic mass is 9.82. The minimum Gasteiger partial charge on any atom is -0.309 e. The maximum atomic E-state index is 5.83. The Hall–Kier alpha value is -17.3. The van der Waals surface area contributed by atoms with Gasteiger partial charge in [0.2, 0.25) is 0 Å². The summed E-state index contributed by atoms with van der Waals surface area (Å²) in [5, 5.41) is 14.5. The van der Waals surface area contributed by atoms with Crippen molar-refractivity contribution < 1.29 is 0 Å². The van der Waals surface area contributed by atoms with E-state index in [2.05, 4.69) is 483 Å². The number of rotatable bonds is 10. The highest BCUT2D eigenvalue weighted by Gasteiger charge is 2.40. The number of fused-ring (bicyclic) bond motifs is 27. The number of hydrogen-bond donors (Lipinski definition) is 0. The fourth-order valence-corrected chi connectivity index (χ4v) is 25.4. The molecule has 0 saturated heterocycles. The molecular formula is C131H87N7. The van der Waals surface area contributed by atoms with Crippen LogP contribution in [0, 0.1) is 0 Å². The van der Waals surface area contributed by atoms with E-state index in [1.54, 1.807) is 0 Å². The maximum absolute atomic E-state index is 5.83. The summed E-state index contributed by atoms with van der Waals surface area (Å²) in [6.07, 6.45) is 0. The van der Waals surface area contributed by atoms with E-state index >= 15 is 0 Å². The topological polar surface area (TPSA) is 50.4 Å². The Bertz CT molecular complexity index is 9670. The molecule has 0 saturated carbocycles. The van der Waals surface area contributed by atoms with Crippen LogP contribution in [0.25, 0.3) is 260 Å². The van der Waals surface area contributed by atoms with Gasteiger partial charge in [-0.25, -0.2) is 9.97 Å². The first kappa shape index (κ1) is 77.2. The lowest BCUT2D eigenvalue weighted by Gasteiger charge is -2.22. The maximum Gasteiger partial charge on any atom is 0.160 e. The van der Waals surface area contributed by atoms with Crippen LogP contribution in [0.1, 0.15) is 74.9 Å². The molecule has 6 heterocycles. The summed E-state index contributed by atoms with van der Waals surface area (Å²) in [6.45, 7) is 14.2. The minimum atomic E-state index is -0.135. The van der Waals surface area contributed by atoms with Crippen LogP contribution in [-0.4, -0.2) is 32.8 Å². The number of hydrogen-bond acceptors (Lipinski definition) is 2. The van der Waals surface area contributed by atoms with Gasteiger partial charge in [0, 0.05) is 121 Å². The molecule has 0 unspecified atom stereocenters. The molecule has 0 atom stereocenters. The fraction of sp³-hybridized carbons (Fsp3) is 0.0687. The SMILES string of the molecule is CC1(C)c2ccccc2-c2ccc(-n3c4ccccc4c4cc(-c5ccc6c(c5)c5ccccc5n6-c5cccc(-c6nc(-c7ccc(-n8c9ccc(-c%10ccc%11c(c%10)c%10ccccc%10n%11-c%10ccc%11c(c%10)C(C)(C)c%10ccccc%10-%11)cc9c9cc(-c%10ccc%11c(c%10)c%10ccccc%10n%11-c%10ccc%11c(c%10)C(C)(C)c%10ccccc%10-%11)ccc98)cc7)nc7c6-c6cccc8cccc-7c68)c5)ccc43)cc21. The molecule has 0 bridgehead atoms. The van der Waals surface area contributed by atoms with E-state index in [1.807, 2.05) is 0 Å². The minimum absolute atomic E-state index is 0.115. The summed E-state index contributed by atoms with van der Waals surface area (Å²) in [5.41, 5.74) is 47.1. The van der Waals surface area contributed by atoms with Crippen LogP contribution < -0.4 is 0 Å². The third kappa shape index (κ3) is 10.7. The molecule has 138 heavy (non-hydrogen) atoms. The standard InChI is InChI=1S/C131H87N7/c1-129(2)108-37-14-7-28-90(108)93-57-54-87(73-111(93)129)136-115-41-18-11-32-97(115)103-68-79(47-61-119(103)136)78-46-60-118-102(67-78)96-31-10-17-40-114(96)135(118)86-27-21-26-84(66-86)126-125-100-35-22-24-76-25-23-36-101(124(76)100)127(125)133-128(132-126)77-44-52-85(53-45-77)134-122-64-50-82(80-48-62-120-104(69-80)98-33-12-19-42-116(98)137(120)88-55-58-94-91-29-8-15-38-109(91)130(3,4)112(94)74-88)71-106(122)107-72-83(51-65-123(107)134)81-49-63-121-105(70-81)99-34-13-20-43-117(99)138(121)89-56-59-95-92-30-9-16-39-110(92)131(5,6)113(95)75-89/h7-75H,1-6H3. The summed E-state index contributed by atoms with van der Waals surface area (Å²) in [7, 11) is 0. The second-order valence-corrected chi connectivity index (χ2v) is 40.3. The summed E-state index contributed by atoms with van der Waals surface area (Å²) in [6, 6.07) is 158. The van der Waals surface area contributed by atoms with Gasteiger partial charge in [0.15, 0.2) is 5.82 Å². The van der Waals surface area contributed by atoms with Crippen molar-refractivity contribution in [3.8, 4) is 140 Å². The van der Waals surface area contributed by atoms with Gasteiger partial charge in [-0.1, -0.05) is 290 Å². The third-order valence-electron chi connectivity index (χ3n) is 32.0. The predicted octanol–water partition coefficient (Wildman–Crippen LogP) is 34.0. The molecule has 0 radical (unpaired) electrons. The van der Waals surface area contributed by atoms with Crippen LogP contribution in [0.2, 0.25) is 0 Å². The van der Waals surface area contributed by atoms with Crippen molar-refractivity contribution in [3.05, 3.63) is 452 Å². The van der Waals surface area contributed by atoms with Gasteiger partial charge in [-0.3, -0.25) is 0 Å². The van der Waals surface area contributed by atoms with E-state index in [-0.39, 0.29) is 16.2 Å². The first-order valence-corrected chi connectivity index (χ1v) is 48.3. The van der Waals surface area contributed by atoms with Gasteiger partial charge >= 0.3 is 0 Å². The van der Waals surface area contributed by atoms with Gasteiger partial charge < -0.3 is 22.8 Å². The zero-order valence-electron chi connectivity index (χ0n) is 77.0. The van der Waals surface area contributed by atoms with Crippen LogP contribution in [0.5, 0.6) is 0 Å². The molecule has 4 aliphatic carbocycles. The lowest BCUT2D eigenvalue weighted by Crippen LogP contribution is -2.15. The Morgan fingerprint density at radius 2 is 0.449 bits per heavy atom. The molecule has 0 amide bonds. The summed E-state index contributed by atoms with van der Waals surface area (Å²) < 4.78 is 12.3. The monoisotopic (exact) mass is 1760 g/mol. The molecule has 26 aromatic rings. The molecule has 646 valence electrons. The highest BCUT2D eigenvalue weighted by molar-refractivity contribution is 6.20. The molecular weight excluding hydrogens is 1670 g/mol. The van der Waals surface area contributed by atoms with Crippen LogP contribution in [-0.2, 0) is 16.2 Å². The van der Waals surface area contributed by atoms with Crippen LogP contribution in [0.4, 0.5) is 0 Å². The third-order valence-corrected chi connectivity index (χ3v) is 32.0. The van der Waals surface area contributed by atoms with Crippen molar-refractivity contribution in [1.82, 2.24) is 32.8 Å². The molecule has 0 N–H and O–H groups in total. The predicted molar refractivity (Wildman–Crippen MR) is 576 cm³/mol. The lowest BCUT2D eigenvalue weighted by molar-refractivity contribution is 0.660. The van der Waals surface area contributed by atoms with E-state index in [0.29, 0.717) is 5.82 Å². The number of nitrogens with zero attached hydrogens (tertiary/aromatic N) is 7. The molecule has 7 heteroatoms. The zero-order chi connectivity index (χ0) is 91.2. The Morgan fingerprint density at radius 3 is 0.826 bits per heavy atom. The first-order chi connectivity index (χ1) is 67.7. The number of aromatic nitrogens is 7. The van der Waals surface area contributed by atoms with Crippen LogP contribution in [0.15, 0.2) is 419 Å². The van der Waals surface area contributed by atoms with Crippen LogP contribution >= 0.6 is 0 Å². The Kier molecular flexibility index (Phi) is 15.6. The van der Waals surface area contributed by atoms with E-state index in [0.717, 1.165) is 94.9 Å². The average Bonchev–Trinajstić information content (AvgIpc) is 1.57. The molecule has 0 spiro atoms. The van der Waals surface area contributed by atoms with Gasteiger partial charge in [-0.05, 0) is 286 Å². The van der Waals surface area contributed by atoms with Crippen molar-refractivity contribution in [2.24, 2.45) is 0 Å². The van der Waals surface area contributed by atoms with E-state index in [4.69, 9.17) is 9.97 Å². The molecule has 7 nitrogen and oxygen atoms in total. The Morgan fingerprint density at radius 1 is 0.174 bits per heavy atom. The molecule has 0 fully saturated rings. The van der Waals surface area contributed by atoms with Crippen molar-refractivity contribution in [2.45, 2.75) is 57.8 Å². The van der Waals surface area contributed by atoms with E-state index in [1.165, 1.54) is 193 Å². The Balaban J connectivity index is 0.538. The molecule has 4 aliphatic rings. The van der Waals surface area contributed by atoms with Crippen molar-refractivity contribution >= 4 is 120 Å². The number of para-hydroxylation sites is 4. The first-order valence-electron chi connectivity index (χ1n) is 48.3. The summed E-state index contributed by atoms with van der Waals surface area (Å²) in [5.74, 6) is 0.664. The summed E-state index contributed by atoms with van der Waals surface area (Å²) >= 11 is 0. The smallest absolute Gasteiger partial charge is 0.160 e. The van der Waals surface area contributed by atoms with Gasteiger partial charge in [0.05, 0.1) is 66.6 Å². The van der Waals surface area contributed by atoms with Gasteiger partial charge in [-0.2, -0.15) is 0 Å². The average molecular weight is 1760 g/mol. The molecule has 6 aromatic heterocycles. The zero-order valence-corrected chi connectivity index (χ0v) is 77.0. The van der Waals surface area contributed by atoms with Gasteiger partial charge in [0.1, 0.15) is 0 Å². The summed E-state index contributed by atoms with van der Waals surface area (Å²) in [4.78, 5) is 11.5. The second-order valence-electron chi connectivity index (χ2n) is 40.3. The largest absolute Gasteiger partial charge is 0.309 e. The highest BCUT2D eigenvalue weighted by atomic mass is 15.0. The normalized spacial score (nSPS) is 13.9. The van der Waals surface area contributed by atoms with Crippen molar-refractivity contribution in [3.63, 3.8) is 0 Å². The van der Waals surface area contributed by atoms with Crippen LogP contribution in [0.3, 0.4) is 0 Å². The molecule has 20 aromatic carbocycles. The quantitative estimate of drug-likeness (QED) is 0.137. The van der Waals surface area contributed by atoms with Crippen molar-refractivity contribution in [2.75, 3.05) is 0 Å². The van der Waals surface area contributed by atoms with E-state index < -0.39 is 0 Å². The Labute approximate surface area is 797 Å². The molecule has 0 aliphatic heterocycles. The highest BCUT2D eigenvalue weighted by Crippen LogP contribution is 2.57.